The summed E-state index contributed by atoms with van der Waals surface area (Å²) in [6, 6.07) is 12.4. The number of carbonyl (C=O) groups excluding carboxylic acids is 2. The first-order chi connectivity index (χ1) is 13.3. The molecule has 1 amide bonds. The van der Waals surface area contributed by atoms with Crippen molar-refractivity contribution in [3.63, 3.8) is 0 Å². The third-order valence-electron chi connectivity index (χ3n) is 3.37. The maximum absolute atomic E-state index is 12.3. The third kappa shape index (κ3) is 7.56. The lowest BCUT2D eigenvalue weighted by atomic mass is 10.2. The number of halogens is 2. The molecule has 2 aromatic rings. The Bertz CT molecular complexity index is 780. The van der Waals surface area contributed by atoms with Gasteiger partial charge in [-0.2, -0.15) is 8.78 Å². The summed E-state index contributed by atoms with van der Waals surface area (Å²) in [6.45, 7) is 4.19. The number of thioether (sulfide) groups is 1. The minimum absolute atomic E-state index is 0.304. The SMILES string of the molecule is CC(C)COc1ccc(C(=O)OCC(=O)Nc2ccc(SC(F)F)cc2)cc1. The lowest BCUT2D eigenvalue weighted by Crippen LogP contribution is -2.20. The lowest BCUT2D eigenvalue weighted by Gasteiger charge is -2.09. The Hall–Kier alpha value is -2.61. The van der Waals surface area contributed by atoms with Gasteiger partial charge in [0.25, 0.3) is 11.7 Å². The highest BCUT2D eigenvalue weighted by Gasteiger charge is 2.11. The molecule has 0 aliphatic heterocycles. The summed E-state index contributed by atoms with van der Waals surface area (Å²) in [4.78, 5) is 24.3. The van der Waals surface area contributed by atoms with Gasteiger partial charge in [-0.3, -0.25) is 4.79 Å². The van der Waals surface area contributed by atoms with Gasteiger partial charge in [-0.15, -0.1) is 0 Å². The number of hydrogen-bond donors (Lipinski definition) is 1. The molecule has 5 nitrogen and oxygen atoms in total. The molecule has 0 unspecified atom stereocenters. The first-order valence-electron chi connectivity index (χ1n) is 8.58. The summed E-state index contributed by atoms with van der Waals surface area (Å²) in [6.07, 6.45) is 0. The molecule has 0 heterocycles. The first kappa shape index (κ1) is 21.7. The highest BCUT2D eigenvalue weighted by molar-refractivity contribution is 7.99. The van der Waals surface area contributed by atoms with E-state index in [0.29, 0.717) is 46.2 Å². The summed E-state index contributed by atoms with van der Waals surface area (Å²) in [5.74, 6) is -2.62. The van der Waals surface area contributed by atoms with E-state index in [0.717, 1.165) is 0 Å². The smallest absolute Gasteiger partial charge is 0.338 e. The molecule has 150 valence electrons. The van der Waals surface area contributed by atoms with E-state index in [-0.39, 0.29) is 0 Å². The molecule has 8 heteroatoms. The fraction of sp³-hybridized carbons (Fsp3) is 0.300. The average Bonchev–Trinajstić information content (AvgIpc) is 2.66. The van der Waals surface area contributed by atoms with E-state index in [1.165, 1.54) is 24.3 Å². The van der Waals surface area contributed by atoms with Gasteiger partial charge in [0, 0.05) is 10.6 Å². The Labute approximate surface area is 166 Å². The summed E-state index contributed by atoms with van der Waals surface area (Å²) < 4.78 is 35.1. The van der Waals surface area contributed by atoms with Crippen molar-refractivity contribution in [2.24, 2.45) is 5.92 Å². The molecule has 2 rings (SSSR count). The molecule has 0 saturated carbocycles. The quantitative estimate of drug-likeness (QED) is 0.475. The van der Waals surface area contributed by atoms with Crippen LogP contribution < -0.4 is 10.1 Å². The molecule has 0 aromatic heterocycles. The second-order valence-corrected chi connectivity index (χ2v) is 7.32. The predicted molar refractivity (Wildman–Crippen MR) is 104 cm³/mol. The molecule has 0 radical (unpaired) electrons. The Morgan fingerprint density at radius 3 is 2.25 bits per heavy atom. The average molecular weight is 409 g/mol. The van der Waals surface area contributed by atoms with Crippen molar-refractivity contribution in [2.45, 2.75) is 24.5 Å². The van der Waals surface area contributed by atoms with Crippen LogP contribution in [0.2, 0.25) is 0 Å². The number of hydrogen-bond acceptors (Lipinski definition) is 5. The molecular formula is C20H21F2NO4S. The molecule has 0 saturated heterocycles. The summed E-state index contributed by atoms with van der Waals surface area (Å²) in [5.41, 5.74) is 0.726. The molecule has 1 N–H and O–H groups in total. The minimum Gasteiger partial charge on any atom is -0.493 e. The molecule has 0 aliphatic carbocycles. The maximum atomic E-state index is 12.3. The summed E-state index contributed by atoms with van der Waals surface area (Å²) >= 11 is 0.419. The van der Waals surface area contributed by atoms with Crippen molar-refractivity contribution >= 4 is 29.3 Å². The number of anilines is 1. The predicted octanol–water partition coefficient (Wildman–Crippen LogP) is 4.83. The largest absolute Gasteiger partial charge is 0.493 e. The highest BCUT2D eigenvalue weighted by Crippen LogP contribution is 2.26. The van der Waals surface area contributed by atoms with E-state index >= 15 is 0 Å². The number of esters is 1. The molecule has 28 heavy (non-hydrogen) atoms. The van der Waals surface area contributed by atoms with E-state index in [1.807, 2.05) is 13.8 Å². The van der Waals surface area contributed by atoms with Crippen LogP contribution in [0.4, 0.5) is 14.5 Å². The standard InChI is InChI=1S/C20H21F2NO4S/c1-13(2)11-26-16-7-3-14(4-8-16)19(25)27-12-18(24)23-15-5-9-17(10-6-15)28-20(21)22/h3-10,13,20H,11-12H2,1-2H3,(H,23,24). The Kier molecular flexibility index (Phi) is 8.25. The second kappa shape index (κ2) is 10.7. The minimum atomic E-state index is -2.50. The molecule has 2 aromatic carbocycles. The van der Waals surface area contributed by atoms with Crippen molar-refractivity contribution in [3.8, 4) is 5.75 Å². The Morgan fingerprint density at radius 1 is 1.04 bits per heavy atom. The Balaban J connectivity index is 1.79. The van der Waals surface area contributed by atoms with Gasteiger partial charge in [-0.25, -0.2) is 4.79 Å². The van der Waals surface area contributed by atoms with Crippen molar-refractivity contribution < 1.29 is 27.8 Å². The number of alkyl halides is 2. The number of ether oxygens (including phenoxy) is 2. The fourth-order valence-electron chi connectivity index (χ4n) is 2.08. The van der Waals surface area contributed by atoms with E-state index in [4.69, 9.17) is 9.47 Å². The van der Waals surface area contributed by atoms with Crippen LogP contribution in [0.3, 0.4) is 0 Å². The normalized spacial score (nSPS) is 10.8. The molecule has 0 atom stereocenters. The molecule has 0 bridgehead atoms. The van der Waals surface area contributed by atoms with E-state index in [1.54, 1.807) is 24.3 Å². The second-order valence-electron chi connectivity index (χ2n) is 6.26. The van der Waals surface area contributed by atoms with Gasteiger partial charge in [0.15, 0.2) is 6.61 Å². The van der Waals surface area contributed by atoms with Gasteiger partial charge in [0.05, 0.1) is 12.2 Å². The number of nitrogens with one attached hydrogen (secondary N) is 1. The monoisotopic (exact) mass is 409 g/mol. The number of benzene rings is 2. The lowest BCUT2D eigenvalue weighted by molar-refractivity contribution is -0.119. The van der Waals surface area contributed by atoms with Gasteiger partial charge in [0.2, 0.25) is 0 Å². The van der Waals surface area contributed by atoms with Crippen LogP contribution in [-0.2, 0) is 9.53 Å². The van der Waals surface area contributed by atoms with Crippen LogP contribution in [-0.4, -0.2) is 30.8 Å². The van der Waals surface area contributed by atoms with Crippen molar-refractivity contribution in [1.29, 1.82) is 0 Å². The zero-order valence-corrected chi connectivity index (χ0v) is 16.3. The van der Waals surface area contributed by atoms with Gasteiger partial charge in [-0.1, -0.05) is 25.6 Å². The highest BCUT2D eigenvalue weighted by atomic mass is 32.2. The third-order valence-corrected chi connectivity index (χ3v) is 4.09. The van der Waals surface area contributed by atoms with E-state index in [9.17, 15) is 18.4 Å². The van der Waals surface area contributed by atoms with Gasteiger partial charge in [-0.05, 0) is 54.4 Å². The van der Waals surface area contributed by atoms with Gasteiger partial charge < -0.3 is 14.8 Å². The van der Waals surface area contributed by atoms with Crippen molar-refractivity contribution in [3.05, 3.63) is 54.1 Å². The van der Waals surface area contributed by atoms with Gasteiger partial charge >= 0.3 is 5.97 Å². The fourth-order valence-corrected chi connectivity index (χ4v) is 2.58. The van der Waals surface area contributed by atoms with E-state index in [2.05, 4.69) is 5.32 Å². The number of amides is 1. The molecule has 0 spiro atoms. The van der Waals surface area contributed by atoms with Crippen LogP contribution in [0.15, 0.2) is 53.4 Å². The topological polar surface area (TPSA) is 64.6 Å². The Morgan fingerprint density at radius 2 is 1.68 bits per heavy atom. The van der Waals surface area contributed by atoms with Gasteiger partial charge in [0.1, 0.15) is 5.75 Å². The number of rotatable bonds is 9. The van der Waals surface area contributed by atoms with Crippen LogP contribution in [0, 0.1) is 5.92 Å². The molecular weight excluding hydrogens is 388 g/mol. The van der Waals surface area contributed by atoms with E-state index < -0.39 is 24.2 Å². The van der Waals surface area contributed by atoms with Crippen LogP contribution in [0.25, 0.3) is 0 Å². The van der Waals surface area contributed by atoms with Crippen LogP contribution in [0.5, 0.6) is 5.75 Å². The zero-order chi connectivity index (χ0) is 20.5. The van der Waals surface area contributed by atoms with Crippen LogP contribution >= 0.6 is 11.8 Å². The molecule has 0 fully saturated rings. The zero-order valence-electron chi connectivity index (χ0n) is 15.5. The first-order valence-corrected chi connectivity index (χ1v) is 9.46. The molecule has 0 aliphatic rings. The van der Waals surface area contributed by atoms with Crippen molar-refractivity contribution in [1.82, 2.24) is 0 Å². The summed E-state index contributed by atoms with van der Waals surface area (Å²) in [5, 5.41) is 2.53. The van der Waals surface area contributed by atoms with Crippen LogP contribution in [0.1, 0.15) is 24.2 Å². The van der Waals surface area contributed by atoms with Crippen molar-refractivity contribution in [2.75, 3.05) is 18.5 Å². The number of carbonyl (C=O) groups is 2. The summed E-state index contributed by atoms with van der Waals surface area (Å²) in [7, 11) is 0. The maximum Gasteiger partial charge on any atom is 0.338 e.